The summed E-state index contributed by atoms with van der Waals surface area (Å²) in [4.78, 5) is 0. The zero-order valence-corrected chi connectivity index (χ0v) is 19.4. The van der Waals surface area contributed by atoms with Gasteiger partial charge in [0.05, 0.1) is 13.2 Å². The van der Waals surface area contributed by atoms with Gasteiger partial charge in [-0.1, -0.05) is 69.1 Å². The largest absolute Gasteiger partial charge is 0.394 e. The van der Waals surface area contributed by atoms with Gasteiger partial charge in [0.1, 0.15) is 6.10 Å². The summed E-state index contributed by atoms with van der Waals surface area (Å²) in [5.74, 6) is 0. The SMILES string of the molecule is CC/C=C\C/C=C\C/C=C\CCCCCCCCOCC(O)CO.CCOCC. The Morgan fingerprint density at radius 3 is 1.79 bits per heavy atom. The third kappa shape index (κ3) is 32.0. The van der Waals surface area contributed by atoms with Crippen molar-refractivity contribution in [2.24, 2.45) is 0 Å². The van der Waals surface area contributed by atoms with Crippen LogP contribution < -0.4 is 0 Å². The normalized spacial score (nSPS) is 12.7. The lowest BCUT2D eigenvalue weighted by atomic mass is 10.1. The standard InChI is InChI=1S/C21H38O3.C4H10O/c1-2-3-4-5-6-7-8-9-10-11-12-13-14-15-16-17-18-24-20-21(23)19-22;1-3-5-4-2/h3-4,6-7,9-10,21-23H,2,5,8,11-20H2,1H3;3-4H2,1-2H3/b4-3-,7-6-,10-9-;. The molecule has 4 heteroatoms. The molecule has 0 heterocycles. The predicted octanol–water partition coefficient (Wildman–Crippen LogP) is 5.99. The van der Waals surface area contributed by atoms with Crippen LogP contribution in [0.2, 0.25) is 0 Å². The minimum Gasteiger partial charge on any atom is -0.394 e. The average Bonchev–Trinajstić information content (AvgIpc) is 2.73. The van der Waals surface area contributed by atoms with Gasteiger partial charge in [-0.05, 0) is 52.4 Å². The number of hydrogen-bond acceptors (Lipinski definition) is 4. The van der Waals surface area contributed by atoms with Crippen LogP contribution >= 0.6 is 0 Å². The van der Waals surface area contributed by atoms with Crippen molar-refractivity contribution < 1.29 is 19.7 Å². The highest BCUT2D eigenvalue weighted by Crippen LogP contribution is 2.08. The summed E-state index contributed by atoms with van der Waals surface area (Å²) in [5, 5.41) is 17.7. The minimum atomic E-state index is -0.730. The highest BCUT2D eigenvalue weighted by Gasteiger charge is 2.00. The molecule has 0 aliphatic heterocycles. The molecule has 4 nitrogen and oxygen atoms in total. The molecule has 0 aromatic rings. The molecule has 0 aromatic heterocycles. The molecule has 29 heavy (non-hydrogen) atoms. The predicted molar refractivity (Wildman–Crippen MR) is 125 cm³/mol. The van der Waals surface area contributed by atoms with Crippen molar-refractivity contribution in [2.45, 2.75) is 91.1 Å². The van der Waals surface area contributed by atoms with Crippen molar-refractivity contribution in [3.8, 4) is 0 Å². The molecule has 1 unspecified atom stereocenters. The summed E-state index contributed by atoms with van der Waals surface area (Å²) in [6, 6.07) is 0. The Morgan fingerprint density at radius 1 is 0.690 bits per heavy atom. The maximum absolute atomic E-state index is 9.11. The highest BCUT2D eigenvalue weighted by molar-refractivity contribution is 4.96. The first-order chi connectivity index (χ1) is 14.2. The van der Waals surface area contributed by atoms with Gasteiger partial charge in [-0.3, -0.25) is 0 Å². The topological polar surface area (TPSA) is 58.9 Å². The van der Waals surface area contributed by atoms with E-state index in [1.807, 2.05) is 13.8 Å². The fourth-order valence-electron chi connectivity index (χ4n) is 2.48. The van der Waals surface area contributed by atoms with Crippen LogP contribution in [0, 0.1) is 0 Å². The molecule has 0 saturated carbocycles. The number of hydrogen-bond donors (Lipinski definition) is 2. The van der Waals surface area contributed by atoms with Crippen LogP contribution in [0.4, 0.5) is 0 Å². The second-order valence-electron chi connectivity index (χ2n) is 6.90. The van der Waals surface area contributed by atoms with E-state index in [2.05, 4.69) is 43.4 Å². The monoisotopic (exact) mass is 412 g/mol. The summed E-state index contributed by atoms with van der Waals surface area (Å²) >= 11 is 0. The lowest BCUT2D eigenvalue weighted by Gasteiger charge is -2.07. The van der Waals surface area contributed by atoms with E-state index in [4.69, 9.17) is 19.7 Å². The molecular formula is C25H48O4. The third-order valence-electron chi connectivity index (χ3n) is 4.12. The van der Waals surface area contributed by atoms with E-state index in [9.17, 15) is 0 Å². The summed E-state index contributed by atoms with van der Waals surface area (Å²) < 4.78 is 10.1. The van der Waals surface area contributed by atoms with E-state index >= 15 is 0 Å². The van der Waals surface area contributed by atoms with Crippen LogP contribution in [0.25, 0.3) is 0 Å². The Balaban J connectivity index is 0. The van der Waals surface area contributed by atoms with Gasteiger partial charge in [0.15, 0.2) is 0 Å². The van der Waals surface area contributed by atoms with Crippen molar-refractivity contribution in [3.63, 3.8) is 0 Å². The van der Waals surface area contributed by atoms with Gasteiger partial charge in [-0.25, -0.2) is 0 Å². The van der Waals surface area contributed by atoms with Gasteiger partial charge >= 0.3 is 0 Å². The first-order valence-corrected chi connectivity index (χ1v) is 11.6. The summed E-state index contributed by atoms with van der Waals surface area (Å²) in [6.07, 6.45) is 24.5. The van der Waals surface area contributed by atoms with Gasteiger partial charge in [0.2, 0.25) is 0 Å². The smallest absolute Gasteiger partial charge is 0.100 e. The zero-order valence-electron chi connectivity index (χ0n) is 19.4. The molecule has 0 aliphatic carbocycles. The number of rotatable bonds is 19. The van der Waals surface area contributed by atoms with Crippen LogP contribution in [-0.2, 0) is 9.47 Å². The first-order valence-electron chi connectivity index (χ1n) is 11.6. The molecule has 0 rings (SSSR count). The minimum absolute atomic E-state index is 0.221. The van der Waals surface area contributed by atoms with Crippen molar-refractivity contribution in [1.82, 2.24) is 0 Å². The Labute approximate surface area is 180 Å². The van der Waals surface area contributed by atoms with Crippen LogP contribution in [0.3, 0.4) is 0 Å². The van der Waals surface area contributed by atoms with Gasteiger partial charge in [0.25, 0.3) is 0 Å². The second-order valence-corrected chi connectivity index (χ2v) is 6.90. The molecule has 0 amide bonds. The fourth-order valence-corrected chi connectivity index (χ4v) is 2.48. The average molecular weight is 413 g/mol. The number of ether oxygens (including phenoxy) is 2. The van der Waals surface area contributed by atoms with Crippen LogP contribution in [0.15, 0.2) is 36.5 Å². The van der Waals surface area contributed by atoms with E-state index in [1.54, 1.807) is 0 Å². The molecule has 0 radical (unpaired) electrons. The van der Waals surface area contributed by atoms with Gasteiger partial charge in [0, 0.05) is 19.8 Å². The van der Waals surface area contributed by atoms with Crippen LogP contribution in [-0.4, -0.2) is 49.4 Å². The molecule has 0 saturated heterocycles. The van der Waals surface area contributed by atoms with E-state index in [-0.39, 0.29) is 13.2 Å². The van der Waals surface area contributed by atoms with Crippen LogP contribution in [0.1, 0.15) is 85.0 Å². The molecule has 0 aromatic carbocycles. The Kier molecular flexibility index (Phi) is 30.5. The molecular weight excluding hydrogens is 364 g/mol. The molecule has 0 aliphatic rings. The third-order valence-corrected chi connectivity index (χ3v) is 4.12. The van der Waals surface area contributed by atoms with Crippen molar-refractivity contribution in [3.05, 3.63) is 36.5 Å². The van der Waals surface area contributed by atoms with E-state index in [1.165, 1.54) is 38.5 Å². The van der Waals surface area contributed by atoms with Crippen molar-refractivity contribution >= 4 is 0 Å². The zero-order chi connectivity index (χ0) is 21.8. The van der Waals surface area contributed by atoms with Gasteiger partial charge < -0.3 is 19.7 Å². The molecule has 1 atom stereocenters. The van der Waals surface area contributed by atoms with Crippen molar-refractivity contribution in [2.75, 3.05) is 33.0 Å². The fraction of sp³-hybridized carbons (Fsp3) is 0.760. The first kappa shape index (κ1) is 30.3. The van der Waals surface area contributed by atoms with Crippen molar-refractivity contribution in [1.29, 1.82) is 0 Å². The Bertz CT molecular complexity index is 362. The second kappa shape index (κ2) is 29.3. The number of aliphatic hydroxyl groups excluding tert-OH is 2. The lowest BCUT2D eigenvalue weighted by Crippen LogP contribution is -2.19. The quantitative estimate of drug-likeness (QED) is 0.202. The summed E-state index contributed by atoms with van der Waals surface area (Å²) in [5.41, 5.74) is 0. The van der Waals surface area contributed by atoms with E-state index < -0.39 is 6.10 Å². The van der Waals surface area contributed by atoms with E-state index in [0.717, 1.165) is 38.9 Å². The lowest BCUT2D eigenvalue weighted by molar-refractivity contribution is 0.00526. The molecule has 2 N–H and O–H groups in total. The molecule has 172 valence electrons. The Morgan fingerprint density at radius 2 is 1.24 bits per heavy atom. The number of allylic oxidation sites excluding steroid dienone is 6. The van der Waals surface area contributed by atoms with E-state index in [0.29, 0.717) is 6.61 Å². The number of unbranched alkanes of at least 4 members (excludes halogenated alkanes) is 6. The Hall–Kier alpha value is -0.940. The van der Waals surface area contributed by atoms with Gasteiger partial charge in [-0.2, -0.15) is 0 Å². The molecule has 0 bridgehead atoms. The maximum atomic E-state index is 9.11. The van der Waals surface area contributed by atoms with Gasteiger partial charge in [-0.15, -0.1) is 0 Å². The summed E-state index contributed by atoms with van der Waals surface area (Å²) in [6.45, 7) is 8.53. The molecule has 0 fully saturated rings. The number of aliphatic hydroxyl groups is 2. The molecule has 0 spiro atoms. The highest BCUT2D eigenvalue weighted by atomic mass is 16.5. The maximum Gasteiger partial charge on any atom is 0.100 e. The van der Waals surface area contributed by atoms with Crippen LogP contribution in [0.5, 0.6) is 0 Å². The summed E-state index contributed by atoms with van der Waals surface area (Å²) in [7, 11) is 0.